The molecular weight excluding hydrogens is 276 g/mol. The highest BCUT2D eigenvalue weighted by molar-refractivity contribution is 5.87. The maximum Gasteiger partial charge on any atom is 0.328 e. The second kappa shape index (κ2) is 8.10. The van der Waals surface area contributed by atoms with Gasteiger partial charge in [0.25, 0.3) is 0 Å². The molecule has 0 spiro atoms. The number of carboxylic acid groups (broad SMARTS) is 1. The summed E-state index contributed by atoms with van der Waals surface area (Å²) in [4.78, 5) is 15.1. The molecule has 0 fully saturated rings. The van der Waals surface area contributed by atoms with Gasteiger partial charge in [-0.15, -0.1) is 0 Å². The first-order valence-electron chi connectivity index (χ1n) is 7.32. The molecule has 2 rings (SSSR count). The third-order valence-electron chi connectivity index (χ3n) is 3.38. The number of carbonyl (C=O) groups is 1. The largest absolute Gasteiger partial charge is 0.480 e. The number of rotatable bonds is 7. The van der Waals surface area contributed by atoms with Crippen molar-refractivity contribution in [2.45, 2.75) is 18.9 Å². The van der Waals surface area contributed by atoms with Gasteiger partial charge in [-0.2, -0.15) is 0 Å². The van der Waals surface area contributed by atoms with Gasteiger partial charge in [0.05, 0.1) is 0 Å². The molecule has 4 nitrogen and oxygen atoms in total. The summed E-state index contributed by atoms with van der Waals surface area (Å²) in [6.45, 7) is 0.478. The topological polar surface area (TPSA) is 75.7 Å². The van der Waals surface area contributed by atoms with E-state index in [2.05, 4.69) is 29.3 Å². The Kier molecular flexibility index (Phi) is 5.86. The first-order valence-corrected chi connectivity index (χ1v) is 7.32. The van der Waals surface area contributed by atoms with Crippen LogP contribution in [0.1, 0.15) is 18.4 Å². The van der Waals surface area contributed by atoms with Crippen molar-refractivity contribution in [1.29, 1.82) is 0 Å². The molecule has 0 heterocycles. The smallest absolute Gasteiger partial charge is 0.328 e. The minimum Gasteiger partial charge on any atom is -0.480 e. The van der Waals surface area contributed by atoms with Gasteiger partial charge in [-0.05, 0) is 47.9 Å². The molecule has 0 aliphatic carbocycles. The van der Waals surface area contributed by atoms with Crippen molar-refractivity contribution in [3.05, 3.63) is 54.1 Å². The summed E-state index contributed by atoms with van der Waals surface area (Å²) in [5.74, 6) is -0.913. The highest BCUT2D eigenvalue weighted by Gasteiger charge is 2.13. The van der Waals surface area contributed by atoms with E-state index in [1.165, 1.54) is 10.8 Å². The fourth-order valence-electron chi connectivity index (χ4n) is 2.19. The standard InChI is InChI=1S/C18H20N2O2/c19-11-3-8-17(18(21)22)20-12-4-5-14-9-10-15-6-1-2-7-16(15)13-14/h1-2,4-7,9-10,12-13,17H,3,8,11,19H2,(H,21,22)/b5-4+,20-12?. The van der Waals surface area contributed by atoms with Crippen LogP contribution in [0.15, 0.2) is 53.5 Å². The van der Waals surface area contributed by atoms with E-state index in [1.54, 1.807) is 12.3 Å². The zero-order chi connectivity index (χ0) is 15.8. The number of hydrogen-bond acceptors (Lipinski definition) is 3. The molecule has 0 aliphatic heterocycles. The molecule has 1 atom stereocenters. The second-order valence-corrected chi connectivity index (χ2v) is 5.05. The molecule has 114 valence electrons. The van der Waals surface area contributed by atoms with Crippen LogP contribution in [-0.4, -0.2) is 29.9 Å². The fourth-order valence-corrected chi connectivity index (χ4v) is 2.19. The van der Waals surface area contributed by atoms with Crippen molar-refractivity contribution in [3.8, 4) is 0 Å². The van der Waals surface area contributed by atoms with Gasteiger partial charge in [0, 0.05) is 6.21 Å². The number of allylic oxidation sites excluding steroid dienone is 1. The lowest BCUT2D eigenvalue weighted by Gasteiger charge is -2.04. The lowest BCUT2D eigenvalue weighted by atomic mass is 10.1. The van der Waals surface area contributed by atoms with Crippen LogP contribution in [0.25, 0.3) is 16.8 Å². The maximum absolute atomic E-state index is 11.0. The average Bonchev–Trinajstić information content (AvgIpc) is 2.53. The van der Waals surface area contributed by atoms with Crippen molar-refractivity contribution >= 4 is 29.0 Å². The monoisotopic (exact) mass is 296 g/mol. The predicted molar refractivity (Wildman–Crippen MR) is 91.2 cm³/mol. The van der Waals surface area contributed by atoms with Gasteiger partial charge in [0.2, 0.25) is 0 Å². The van der Waals surface area contributed by atoms with Gasteiger partial charge < -0.3 is 10.8 Å². The van der Waals surface area contributed by atoms with Crippen molar-refractivity contribution < 1.29 is 9.90 Å². The molecule has 0 bridgehead atoms. The van der Waals surface area contributed by atoms with E-state index >= 15 is 0 Å². The molecule has 4 heteroatoms. The van der Waals surface area contributed by atoms with Crippen LogP contribution in [0.2, 0.25) is 0 Å². The predicted octanol–water partition coefficient (Wildman–Crippen LogP) is 3.12. The minimum absolute atomic E-state index is 0.464. The Morgan fingerprint density at radius 1 is 1.23 bits per heavy atom. The Hall–Kier alpha value is -2.46. The van der Waals surface area contributed by atoms with Crippen LogP contribution in [0, 0.1) is 0 Å². The molecular formula is C18H20N2O2. The van der Waals surface area contributed by atoms with Crippen LogP contribution < -0.4 is 5.73 Å². The van der Waals surface area contributed by atoms with Crippen molar-refractivity contribution in [2.75, 3.05) is 6.54 Å². The third kappa shape index (κ3) is 4.53. The van der Waals surface area contributed by atoms with E-state index in [0.717, 1.165) is 5.56 Å². The molecule has 1 unspecified atom stereocenters. The lowest BCUT2D eigenvalue weighted by molar-refractivity contribution is -0.138. The minimum atomic E-state index is -0.913. The Morgan fingerprint density at radius 3 is 2.73 bits per heavy atom. The number of nitrogens with zero attached hydrogens (tertiary/aromatic N) is 1. The first kappa shape index (κ1) is 15.9. The van der Waals surface area contributed by atoms with Crippen LogP contribution >= 0.6 is 0 Å². The third-order valence-corrected chi connectivity index (χ3v) is 3.38. The van der Waals surface area contributed by atoms with Gasteiger partial charge >= 0.3 is 5.97 Å². The number of aliphatic carboxylic acids is 1. The molecule has 22 heavy (non-hydrogen) atoms. The van der Waals surface area contributed by atoms with Crippen LogP contribution in [0.5, 0.6) is 0 Å². The van der Waals surface area contributed by atoms with Gasteiger partial charge in [-0.3, -0.25) is 4.99 Å². The summed E-state index contributed by atoms with van der Waals surface area (Å²) in [6.07, 6.45) is 6.35. The summed E-state index contributed by atoms with van der Waals surface area (Å²) in [6, 6.07) is 13.6. The van der Waals surface area contributed by atoms with Crippen molar-refractivity contribution in [2.24, 2.45) is 10.7 Å². The second-order valence-electron chi connectivity index (χ2n) is 5.05. The SMILES string of the molecule is NCCCC(N=C/C=C/c1ccc2ccccc2c1)C(=O)O. The molecule has 0 aromatic heterocycles. The van der Waals surface area contributed by atoms with Crippen LogP contribution in [0.4, 0.5) is 0 Å². The summed E-state index contributed by atoms with van der Waals surface area (Å²) in [5.41, 5.74) is 6.45. The summed E-state index contributed by atoms with van der Waals surface area (Å²) in [5, 5.41) is 11.4. The first-order chi connectivity index (χ1) is 10.7. The van der Waals surface area contributed by atoms with Crippen LogP contribution in [0.3, 0.4) is 0 Å². The zero-order valence-electron chi connectivity index (χ0n) is 12.4. The number of nitrogens with two attached hydrogens (primary N) is 1. The van der Waals surface area contributed by atoms with Gasteiger partial charge in [0.1, 0.15) is 6.04 Å². The van der Waals surface area contributed by atoms with Crippen molar-refractivity contribution in [3.63, 3.8) is 0 Å². The summed E-state index contributed by atoms with van der Waals surface area (Å²) < 4.78 is 0. The molecule has 0 aliphatic rings. The molecule has 0 saturated heterocycles. The number of carboxylic acids is 1. The van der Waals surface area contributed by atoms with Gasteiger partial charge in [-0.25, -0.2) is 4.79 Å². The Bertz CT molecular complexity index is 692. The number of benzene rings is 2. The highest BCUT2D eigenvalue weighted by atomic mass is 16.4. The van der Waals surface area contributed by atoms with Gasteiger partial charge in [-0.1, -0.05) is 42.5 Å². The molecule has 0 radical (unpaired) electrons. The maximum atomic E-state index is 11.0. The van der Waals surface area contributed by atoms with Crippen molar-refractivity contribution in [1.82, 2.24) is 0 Å². The normalized spacial score (nSPS) is 13.1. The molecule has 0 amide bonds. The quantitative estimate of drug-likeness (QED) is 0.771. The Labute approximate surface area is 130 Å². The molecule has 0 saturated carbocycles. The zero-order valence-corrected chi connectivity index (χ0v) is 12.4. The van der Waals surface area contributed by atoms with E-state index in [1.807, 2.05) is 24.3 Å². The van der Waals surface area contributed by atoms with E-state index in [4.69, 9.17) is 10.8 Å². The van der Waals surface area contributed by atoms with E-state index in [9.17, 15) is 4.79 Å². The van der Waals surface area contributed by atoms with E-state index < -0.39 is 12.0 Å². The van der Waals surface area contributed by atoms with Gasteiger partial charge in [0.15, 0.2) is 0 Å². The average molecular weight is 296 g/mol. The van der Waals surface area contributed by atoms with E-state index in [-0.39, 0.29) is 0 Å². The molecule has 2 aromatic rings. The fraction of sp³-hybridized carbons (Fsp3) is 0.222. The molecule has 2 aromatic carbocycles. The number of aliphatic imine (C=N–C) groups is 1. The highest BCUT2D eigenvalue weighted by Crippen LogP contribution is 2.16. The lowest BCUT2D eigenvalue weighted by Crippen LogP contribution is -2.19. The summed E-state index contributed by atoms with van der Waals surface area (Å²) >= 11 is 0. The Balaban J connectivity index is 2.03. The number of fused-ring (bicyclic) bond motifs is 1. The molecule has 3 N–H and O–H groups in total. The van der Waals surface area contributed by atoms with Crippen LogP contribution in [-0.2, 0) is 4.79 Å². The number of hydrogen-bond donors (Lipinski definition) is 2. The summed E-state index contributed by atoms with van der Waals surface area (Å²) in [7, 11) is 0. The Morgan fingerprint density at radius 2 is 2.00 bits per heavy atom. The van der Waals surface area contributed by atoms with E-state index in [0.29, 0.717) is 19.4 Å².